The first-order chi connectivity index (χ1) is 15.5. The summed E-state index contributed by atoms with van der Waals surface area (Å²) in [6.07, 6.45) is 5.30. The second-order valence-corrected chi connectivity index (χ2v) is 8.11. The lowest BCUT2D eigenvalue weighted by Crippen LogP contribution is -2.51. The molecule has 1 saturated carbocycles. The average molecular weight is 443 g/mol. The molecule has 0 spiro atoms. The van der Waals surface area contributed by atoms with Gasteiger partial charge < -0.3 is 19.7 Å². The molecule has 0 saturated heterocycles. The fourth-order valence-electron chi connectivity index (χ4n) is 3.90. The van der Waals surface area contributed by atoms with Crippen LogP contribution in [0.1, 0.15) is 44.6 Å². The van der Waals surface area contributed by atoms with E-state index in [1.54, 1.807) is 26.2 Å². The lowest BCUT2D eigenvalue weighted by molar-refractivity contribution is -0.142. The van der Waals surface area contributed by atoms with Crippen molar-refractivity contribution >= 4 is 11.8 Å². The number of hydrogen-bond donors (Lipinski definition) is 1. The molecular weight excluding hydrogens is 411 g/mol. The molecule has 1 N–H and O–H groups in total. The number of ether oxygens (including phenoxy) is 2. The van der Waals surface area contributed by atoms with Crippen molar-refractivity contribution in [2.45, 2.75) is 57.7 Å². The highest BCUT2D eigenvalue weighted by atomic mass is 19.1. The van der Waals surface area contributed by atoms with Crippen LogP contribution in [0.5, 0.6) is 11.5 Å². The molecule has 1 aliphatic carbocycles. The fraction of sp³-hybridized carbons (Fsp3) is 0.440. The summed E-state index contributed by atoms with van der Waals surface area (Å²) in [5.74, 6) is -0.470. The molecule has 1 atom stereocenters. The van der Waals surface area contributed by atoms with E-state index < -0.39 is 17.8 Å². The van der Waals surface area contributed by atoms with Crippen LogP contribution >= 0.6 is 0 Å². The number of halogens is 1. The average Bonchev–Trinajstić information content (AvgIpc) is 2.82. The van der Waals surface area contributed by atoms with E-state index in [0.717, 1.165) is 31.2 Å². The number of carbonyl (C=O) groups excluding carboxylic acids is 2. The first-order valence-corrected chi connectivity index (χ1v) is 11.1. The number of nitrogens with zero attached hydrogens (tertiary/aromatic N) is 1. The van der Waals surface area contributed by atoms with Gasteiger partial charge >= 0.3 is 0 Å². The Balaban J connectivity index is 1.73. The van der Waals surface area contributed by atoms with Gasteiger partial charge in [0.25, 0.3) is 5.91 Å². The van der Waals surface area contributed by atoms with Gasteiger partial charge in [-0.05, 0) is 49.6 Å². The molecule has 0 aromatic heterocycles. The van der Waals surface area contributed by atoms with Gasteiger partial charge in [0.05, 0.1) is 7.11 Å². The maximum absolute atomic E-state index is 13.9. The highest BCUT2D eigenvalue weighted by Crippen LogP contribution is 2.20. The smallest absolute Gasteiger partial charge is 0.261 e. The molecule has 32 heavy (non-hydrogen) atoms. The summed E-state index contributed by atoms with van der Waals surface area (Å²) in [4.78, 5) is 27.5. The second-order valence-electron chi connectivity index (χ2n) is 8.11. The molecule has 3 rings (SSSR count). The standard InChI is InChI=1S/C25H31FN2O4/c1-18(25(30)27-20-10-4-3-5-11-20)28(16-19-9-8-12-21(15-19)31-2)24(29)17-32-23-14-7-6-13-22(23)26/h6-9,12-15,18,20H,3-5,10-11,16-17H2,1-2H3,(H,27,30)/t18-/m1/s1. The van der Waals surface area contributed by atoms with Crippen LogP contribution in [0.3, 0.4) is 0 Å². The van der Waals surface area contributed by atoms with E-state index in [4.69, 9.17) is 9.47 Å². The summed E-state index contributed by atoms with van der Waals surface area (Å²) < 4.78 is 24.6. The number of hydrogen-bond acceptors (Lipinski definition) is 4. The Morgan fingerprint density at radius 1 is 1.12 bits per heavy atom. The Morgan fingerprint density at radius 3 is 2.59 bits per heavy atom. The Bertz CT molecular complexity index is 914. The lowest BCUT2D eigenvalue weighted by Gasteiger charge is -2.31. The predicted molar refractivity (Wildman–Crippen MR) is 120 cm³/mol. The van der Waals surface area contributed by atoms with E-state index in [9.17, 15) is 14.0 Å². The van der Waals surface area contributed by atoms with E-state index in [-0.39, 0.29) is 30.9 Å². The van der Waals surface area contributed by atoms with Gasteiger partial charge in [0.15, 0.2) is 18.2 Å². The summed E-state index contributed by atoms with van der Waals surface area (Å²) in [5.41, 5.74) is 0.820. The van der Waals surface area contributed by atoms with E-state index >= 15 is 0 Å². The highest BCUT2D eigenvalue weighted by molar-refractivity contribution is 5.88. The zero-order chi connectivity index (χ0) is 22.9. The minimum atomic E-state index is -0.708. The second kappa shape index (κ2) is 11.5. The van der Waals surface area contributed by atoms with Gasteiger partial charge in [-0.2, -0.15) is 0 Å². The Labute approximate surface area is 188 Å². The van der Waals surface area contributed by atoms with E-state index in [2.05, 4.69) is 5.32 Å². The summed E-state index contributed by atoms with van der Waals surface area (Å²) in [7, 11) is 1.57. The summed E-state index contributed by atoms with van der Waals surface area (Å²) in [5, 5.41) is 3.09. The molecule has 6 nitrogen and oxygen atoms in total. The molecule has 7 heteroatoms. The van der Waals surface area contributed by atoms with Crippen LogP contribution in [-0.4, -0.2) is 42.5 Å². The van der Waals surface area contributed by atoms with E-state index in [1.165, 1.54) is 23.5 Å². The molecule has 0 radical (unpaired) electrons. The minimum absolute atomic E-state index is 0.00138. The molecule has 1 fully saturated rings. The third kappa shape index (κ3) is 6.45. The van der Waals surface area contributed by atoms with Crippen LogP contribution in [0, 0.1) is 5.82 Å². The van der Waals surface area contributed by atoms with Crippen molar-refractivity contribution in [1.29, 1.82) is 0 Å². The van der Waals surface area contributed by atoms with Crippen molar-refractivity contribution in [3.63, 3.8) is 0 Å². The molecule has 0 aliphatic heterocycles. The Kier molecular flexibility index (Phi) is 8.48. The van der Waals surface area contributed by atoms with Crippen molar-refractivity contribution in [2.24, 2.45) is 0 Å². The number of rotatable bonds is 9. The van der Waals surface area contributed by atoms with Gasteiger partial charge in [-0.3, -0.25) is 9.59 Å². The number of methoxy groups -OCH3 is 1. The number of carbonyl (C=O) groups is 2. The molecule has 1 aliphatic rings. The minimum Gasteiger partial charge on any atom is -0.497 e. The largest absolute Gasteiger partial charge is 0.497 e. The third-order valence-electron chi connectivity index (χ3n) is 5.79. The van der Waals surface area contributed by atoms with Gasteiger partial charge in [0.2, 0.25) is 5.91 Å². The maximum atomic E-state index is 13.9. The van der Waals surface area contributed by atoms with Crippen LogP contribution in [0.2, 0.25) is 0 Å². The van der Waals surface area contributed by atoms with Crippen LogP contribution in [0.15, 0.2) is 48.5 Å². The van der Waals surface area contributed by atoms with Crippen molar-refractivity contribution in [3.05, 3.63) is 59.9 Å². The zero-order valence-corrected chi connectivity index (χ0v) is 18.7. The first kappa shape index (κ1) is 23.6. The maximum Gasteiger partial charge on any atom is 0.261 e. The number of benzene rings is 2. The topological polar surface area (TPSA) is 67.9 Å². The van der Waals surface area contributed by atoms with Gasteiger partial charge in [-0.15, -0.1) is 0 Å². The van der Waals surface area contributed by atoms with Crippen LogP contribution in [0.4, 0.5) is 4.39 Å². The Hall–Kier alpha value is -3.09. The van der Waals surface area contributed by atoms with Crippen LogP contribution in [0.25, 0.3) is 0 Å². The molecule has 0 bridgehead atoms. The zero-order valence-electron chi connectivity index (χ0n) is 18.7. The normalized spacial score (nSPS) is 15.0. The Morgan fingerprint density at radius 2 is 1.88 bits per heavy atom. The highest BCUT2D eigenvalue weighted by Gasteiger charge is 2.28. The van der Waals surface area contributed by atoms with Gasteiger partial charge in [0.1, 0.15) is 11.8 Å². The molecule has 172 valence electrons. The van der Waals surface area contributed by atoms with E-state index in [1.807, 2.05) is 24.3 Å². The molecule has 0 heterocycles. The van der Waals surface area contributed by atoms with Crippen molar-refractivity contribution in [3.8, 4) is 11.5 Å². The fourth-order valence-corrected chi connectivity index (χ4v) is 3.90. The molecule has 2 amide bonds. The monoisotopic (exact) mass is 442 g/mol. The SMILES string of the molecule is COc1cccc(CN(C(=O)COc2ccccc2F)[C@H](C)C(=O)NC2CCCCC2)c1. The number of nitrogens with one attached hydrogen (secondary N) is 1. The van der Waals surface area contributed by atoms with Crippen molar-refractivity contribution in [1.82, 2.24) is 10.2 Å². The van der Waals surface area contributed by atoms with Gasteiger partial charge in [-0.25, -0.2) is 4.39 Å². The lowest BCUT2D eigenvalue weighted by atomic mass is 9.95. The number of amides is 2. The molecule has 2 aromatic carbocycles. The van der Waals surface area contributed by atoms with Gasteiger partial charge in [-0.1, -0.05) is 43.5 Å². The third-order valence-corrected chi connectivity index (χ3v) is 5.79. The van der Waals surface area contributed by atoms with E-state index in [0.29, 0.717) is 5.75 Å². The van der Waals surface area contributed by atoms with Gasteiger partial charge in [0, 0.05) is 12.6 Å². The summed E-state index contributed by atoms with van der Waals surface area (Å²) in [6.45, 7) is 1.54. The van der Waals surface area contributed by atoms with Crippen LogP contribution in [-0.2, 0) is 16.1 Å². The quantitative estimate of drug-likeness (QED) is 0.636. The summed E-state index contributed by atoms with van der Waals surface area (Å²) >= 11 is 0. The van der Waals surface area contributed by atoms with Crippen molar-refractivity contribution in [2.75, 3.05) is 13.7 Å². The molecular formula is C25H31FN2O4. The number of para-hydroxylation sites is 1. The first-order valence-electron chi connectivity index (χ1n) is 11.1. The summed E-state index contributed by atoms with van der Waals surface area (Å²) in [6, 6.07) is 12.7. The molecule has 2 aromatic rings. The van der Waals surface area contributed by atoms with Crippen LogP contribution < -0.4 is 14.8 Å². The molecule has 0 unspecified atom stereocenters. The van der Waals surface area contributed by atoms with Crippen molar-refractivity contribution < 1.29 is 23.5 Å². The predicted octanol–water partition coefficient (Wildman–Crippen LogP) is 4.08.